The molecule has 0 saturated carbocycles. The van der Waals surface area contributed by atoms with Crippen molar-refractivity contribution in [2.24, 2.45) is 7.05 Å². The van der Waals surface area contributed by atoms with Gasteiger partial charge in [-0.1, -0.05) is 12.1 Å². The van der Waals surface area contributed by atoms with Gasteiger partial charge in [-0.05, 0) is 26.0 Å². The molecule has 0 spiro atoms. The van der Waals surface area contributed by atoms with Crippen LogP contribution in [0, 0.1) is 13.8 Å². The van der Waals surface area contributed by atoms with Crippen LogP contribution in [0.4, 0.5) is 5.69 Å². The van der Waals surface area contributed by atoms with Crippen LogP contribution in [0.2, 0.25) is 0 Å². The van der Waals surface area contributed by atoms with Gasteiger partial charge in [-0.25, -0.2) is 0 Å². The quantitative estimate of drug-likeness (QED) is 0.779. The van der Waals surface area contributed by atoms with Crippen molar-refractivity contribution in [1.29, 1.82) is 0 Å². The number of rotatable bonds is 1. The van der Waals surface area contributed by atoms with E-state index in [1.54, 1.807) is 16.8 Å². The lowest BCUT2D eigenvalue weighted by molar-refractivity contribution is -0.0854. The molecule has 0 aliphatic carbocycles. The van der Waals surface area contributed by atoms with Crippen molar-refractivity contribution in [3.63, 3.8) is 0 Å². The Morgan fingerprint density at radius 3 is 2.65 bits per heavy atom. The van der Waals surface area contributed by atoms with E-state index in [0.29, 0.717) is 5.56 Å². The van der Waals surface area contributed by atoms with E-state index >= 15 is 0 Å². The molecule has 0 saturated heterocycles. The van der Waals surface area contributed by atoms with Gasteiger partial charge < -0.3 is 5.32 Å². The van der Waals surface area contributed by atoms with Crippen molar-refractivity contribution in [2.75, 3.05) is 5.32 Å². The Morgan fingerprint density at radius 2 is 2.00 bits per heavy atom. The van der Waals surface area contributed by atoms with Crippen LogP contribution in [0.1, 0.15) is 33.5 Å². The zero-order valence-corrected chi connectivity index (χ0v) is 11.6. The largest absolute Gasteiger partial charge is 0.359 e. The predicted molar refractivity (Wildman–Crippen MR) is 73.4 cm³/mol. The minimum Gasteiger partial charge on any atom is -0.359 e. The summed E-state index contributed by atoms with van der Waals surface area (Å²) in [5, 5.41) is 18.4. The summed E-state index contributed by atoms with van der Waals surface area (Å²) in [6, 6.07) is 7.14. The predicted octanol–water partition coefficient (Wildman–Crippen LogP) is 1.99. The molecule has 3 rings (SSSR count). The third-order valence-corrected chi connectivity index (χ3v) is 3.74. The van der Waals surface area contributed by atoms with E-state index in [-0.39, 0.29) is 0 Å². The number of nitrogens with zero attached hydrogens (tertiary/aromatic N) is 3. The second-order valence-electron chi connectivity index (χ2n) is 4.95. The molecule has 2 heterocycles. The van der Waals surface area contributed by atoms with E-state index < -0.39 is 12.1 Å². The summed E-state index contributed by atoms with van der Waals surface area (Å²) in [5.74, 6) is -0.410. The van der Waals surface area contributed by atoms with Gasteiger partial charge in [0.2, 0.25) is 0 Å². The van der Waals surface area contributed by atoms with E-state index in [1.807, 2.05) is 33.0 Å². The molecule has 1 aliphatic heterocycles. The summed E-state index contributed by atoms with van der Waals surface area (Å²) in [5.41, 5.74) is 3.69. The number of hydrogen-bond acceptors (Lipinski definition) is 4. The maximum Gasteiger partial charge on any atom is 0.281 e. The van der Waals surface area contributed by atoms with E-state index in [9.17, 15) is 10.0 Å². The van der Waals surface area contributed by atoms with Crippen LogP contribution in [-0.2, 0) is 7.05 Å². The van der Waals surface area contributed by atoms with Crippen molar-refractivity contribution in [3.05, 3.63) is 46.8 Å². The number of carbonyl (C=O) groups is 1. The second kappa shape index (κ2) is 4.35. The molecule has 0 bridgehead atoms. The van der Waals surface area contributed by atoms with Crippen LogP contribution in [0.5, 0.6) is 0 Å². The number of amides is 1. The van der Waals surface area contributed by atoms with Crippen LogP contribution in [-0.4, -0.2) is 26.0 Å². The van der Waals surface area contributed by atoms with Gasteiger partial charge in [0, 0.05) is 24.0 Å². The Hall–Kier alpha value is -2.34. The molecule has 1 atom stereocenters. The zero-order chi connectivity index (χ0) is 14.4. The number of nitrogens with one attached hydrogen (secondary N) is 1. The summed E-state index contributed by atoms with van der Waals surface area (Å²) >= 11 is 0. The summed E-state index contributed by atoms with van der Waals surface area (Å²) in [4.78, 5) is 12.2. The lowest BCUT2D eigenvalue weighted by Crippen LogP contribution is -2.41. The van der Waals surface area contributed by atoms with Gasteiger partial charge in [-0.3, -0.25) is 14.7 Å². The number of para-hydroxylation sites is 1. The van der Waals surface area contributed by atoms with Crippen molar-refractivity contribution in [2.45, 2.75) is 20.0 Å². The fourth-order valence-electron chi connectivity index (χ4n) is 2.62. The van der Waals surface area contributed by atoms with E-state index in [4.69, 9.17) is 0 Å². The van der Waals surface area contributed by atoms with Crippen LogP contribution in [0.3, 0.4) is 0 Å². The fraction of sp³-hybridized carbons (Fsp3) is 0.286. The van der Waals surface area contributed by atoms with Crippen molar-refractivity contribution in [3.8, 4) is 0 Å². The number of aromatic nitrogens is 2. The smallest absolute Gasteiger partial charge is 0.281 e. The van der Waals surface area contributed by atoms with E-state index in [2.05, 4.69) is 10.4 Å². The Bertz CT molecular complexity index is 692. The van der Waals surface area contributed by atoms with Gasteiger partial charge in [0.05, 0.1) is 11.3 Å². The average molecular weight is 272 g/mol. The van der Waals surface area contributed by atoms with Crippen molar-refractivity contribution in [1.82, 2.24) is 14.8 Å². The first-order chi connectivity index (χ1) is 9.50. The monoisotopic (exact) mass is 272 g/mol. The number of carbonyl (C=O) groups excluding carboxylic acids is 1. The molecule has 0 fully saturated rings. The Kier molecular flexibility index (Phi) is 2.76. The number of hydrogen-bond donors (Lipinski definition) is 2. The normalized spacial score (nSPS) is 17.9. The zero-order valence-electron chi connectivity index (χ0n) is 11.6. The van der Waals surface area contributed by atoms with Gasteiger partial charge in [0.25, 0.3) is 5.91 Å². The molecule has 1 aromatic heterocycles. The Morgan fingerprint density at radius 1 is 1.30 bits per heavy atom. The van der Waals surface area contributed by atoms with Crippen LogP contribution < -0.4 is 5.32 Å². The summed E-state index contributed by atoms with van der Waals surface area (Å²) in [7, 11) is 1.84. The van der Waals surface area contributed by atoms with Gasteiger partial charge in [0.15, 0.2) is 6.17 Å². The molecule has 1 amide bonds. The minimum absolute atomic E-state index is 0.410. The number of fused-ring (bicyclic) bond motifs is 1. The van der Waals surface area contributed by atoms with Crippen molar-refractivity contribution >= 4 is 11.6 Å². The number of benzene rings is 1. The van der Waals surface area contributed by atoms with E-state index in [0.717, 1.165) is 27.7 Å². The third-order valence-electron chi connectivity index (χ3n) is 3.74. The molecule has 2 aromatic rings. The van der Waals surface area contributed by atoms with Gasteiger partial charge in [0.1, 0.15) is 0 Å². The van der Waals surface area contributed by atoms with Crippen LogP contribution in [0.15, 0.2) is 24.3 Å². The molecule has 0 unspecified atom stereocenters. The minimum atomic E-state index is -0.619. The Balaban J connectivity index is 2.11. The van der Waals surface area contributed by atoms with Gasteiger partial charge in [-0.2, -0.15) is 10.2 Å². The third kappa shape index (κ3) is 1.69. The molecule has 6 heteroatoms. The summed E-state index contributed by atoms with van der Waals surface area (Å²) in [6.45, 7) is 3.78. The molecule has 2 N–H and O–H groups in total. The average Bonchev–Trinajstić information content (AvgIpc) is 2.68. The lowest BCUT2D eigenvalue weighted by Gasteiger charge is -2.33. The Labute approximate surface area is 116 Å². The number of anilines is 1. The maximum atomic E-state index is 12.2. The first-order valence-electron chi connectivity index (χ1n) is 6.39. The number of hydroxylamine groups is 2. The second-order valence-corrected chi connectivity index (χ2v) is 4.95. The molecule has 1 aliphatic rings. The molecular formula is C14H16N4O2. The molecule has 1 aromatic carbocycles. The molecule has 0 radical (unpaired) electrons. The molecule has 104 valence electrons. The molecule has 20 heavy (non-hydrogen) atoms. The summed E-state index contributed by atoms with van der Waals surface area (Å²) in [6.07, 6.45) is -0.619. The first-order valence-corrected chi connectivity index (χ1v) is 6.39. The van der Waals surface area contributed by atoms with Gasteiger partial charge >= 0.3 is 0 Å². The lowest BCUT2D eigenvalue weighted by atomic mass is 10.0. The van der Waals surface area contributed by atoms with Crippen molar-refractivity contribution < 1.29 is 10.0 Å². The number of aryl methyl sites for hydroxylation is 2. The molecule has 6 nitrogen and oxygen atoms in total. The SMILES string of the molecule is Cc1nn(C)c(C)c1[C@H]1Nc2ccccc2C(=O)N1O. The topological polar surface area (TPSA) is 70.4 Å². The van der Waals surface area contributed by atoms with E-state index in [1.165, 1.54) is 0 Å². The standard InChI is InChI=1S/C14H16N4O2/c1-8-12(9(2)17(3)16-8)13-15-11-7-5-4-6-10(11)14(19)18(13)20/h4-7,13,15,20H,1-3H3/t13-/m0/s1. The van der Waals surface area contributed by atoms with Gasteiger partial charge in [-0.15, -0.1) is 0 Å². The van der Waals surface area contributed by atoms with Crippen LogP contribution in [0.25, 0.3) is 0 Å². The molecular weight excluding hydrogens is 256 g/mol. The highest BCUT2D eigenvalue weighted by atomic mass is 16.5. The summed E-state index contributed by atoms with van der Waals surface area (Å²) < 4.78 is 1.74. The highest BCUT2D eigenvalue weighted by Gasteiger charge is 2.34. The highest BCUT2D eigenvalue weighted by Crippen LogP contribution is 2.34. The highest BCUT2D eigenvalue weighted by molar-refractivity contribution is 6.01. The first kappa shape index (κ1) is 12.7. The fourth-order valence-corrected chi connectivity index (χ4v) is 2.62. The van der Waals surface area contributed by atoms with Crippen LogP contribution >= 0.6 is 0 Å². The maximum absolute atomic E-state index is 12.2.